The number of thiophene rings is 1. The van der Waals surface area contributed by atoms with Gasteiger partial charge in [0.15, 0.2) is 11.0 Å². The van der Waals surface area contributed by atoms with Gasteiger partial charge in [0, 0.05) is 33.9 Å². The molecule has 3 aromatic rings. The molecule has 2 heterocycles. The molecule has 1 aliphatic carbocycles. The van der Waals surface area contributed by atoms with Crippen molar-refractivity contribution < 1.29 is 4.79 Å². The summed E-state index contributed by atoms with van der Waals surface area (Å²) in [6.07, 6.45) is 5.82. The third-order valence-corrected chi connectivity index (χ3v) is 7.51. The molecule has 0 saturated heterocycles. The highest BCUT2D eigenvalue weighted by Crippen LogP contribution is 2.36. The average molecular weight is 461 g/mol. The lowest BCUT2D eigenvalue weighted by atomic mass is 9.95. The molecule has 0 radical (unpaired) electrons. The summed E-state index contributed by atoms with van der Waals surface area (Å²) in [5.41, 5.74) is 3.71. The third-order valence-electron chi connectivity index (χ3n) is 5.20. The number of aromatic nitrogens is 3. The molecule has 2 aromatic heterocycles. The van der Waals surface area contributed by atoms with E-state index in [1.165, 1.54) is 47.0 Å². The number of halogens is 1. The number of amides is 1. The smallest absolute Gasteiger partial charge is 0.230 e. The van der Waals surface area contributed by atoms with E-state index in [9.17, 15) is 4.79 Å². The Morgan fingerprint density at radius 2 is 2.03 bits per heavy atom. The number of fused-ring (bicyclic) bond motifs is 1. The van der Waals surface area contributed by atoms with Crippen molar-refractivity contribution in [2.24, 2.45) is 0 Å². The van der Waals surface area contributed by atoms with E-state index in [0.717, 1.165) is 35.9 Å². The first-order chi connectivity index (χ1) is 14.7. The van der Waals surface area contributed by atoms with Crippen LogP contribution < -0.4 is 5.32 Å². The fourth-order valence-electron chi connectivity index (χ4n) is 3.69. The van der Waals surface area contributed by atoms with Gasteiger partial charge in [-0.15, -0.1) is 21.5 Å². The molecule has 0 atom stereocenters. The summed E-state index contributed by atoms with van der Waals surface area (Å²) in [5.74, 6) is 1.24. The molecule has 1 aliphatic rings. The van der Waals surface area contributed by atoms with Crippen LogP contribution in [0.15, 0.2) is 34.8 Å². The first kappa shape index (κ1) is 21.4. The molecule has 0 saturated carbocycles. The largest absolute Gasteiger partial charge is 0.351 e. The Morgan fingerprint density at radius 1 is 1.23 bits per heavy atom. The average Bonchev–Trinajstić information content (AvgIpc) is 3.36. The molecule has 0 aliphatic heterocycles. The van der Waals surface area contributed by atoms with Gasteiger partial charge >= 0.3 is 0 Å². The summed E-state index contributed by atoms with van der Waals surface area (Å²) in [5, 5.41) is 15.6. The molecule has 1 amide bonds. The van der Waals surface area contributed by atoms with Crippen molar-refractivity contribution in [2.45, 2.75) is 57.3 Å². The van der Waals surface area contributed by atoms with Crippen LogP contribution in [0.1, 0.15) is 42.2 Å². The molecule has 0 fully saturated rings. The minimum Gasteiger partial charge on any atom is -0.351 e. The first-order valence-corrected chi connectivity index (χ1v) is 12.6. The van der Waals surface area contributed by atoms with Gasteiger partial charge in [0.1, 0.15) is 0 Å². The standard InChI is InChI=1S/C22H25ClN4OS2/c1-2-11-27-21(18-13-29-19-6-4-3-5-17(18)19)25-26-22(27)30-14-20(28)24-12-15-7-9-16(23)10-8-15/h7-10,13H,2-6,11-12,14H2,1H3,(H,24,28). The second-order valence-electron chi connectivity index (χ2n) is 7.41. The van der Waals surface area contributed by atoms with E-state index >= 15 is 0 Å². The van der Waals surface area contributed by atoms with E-state index in [0.29, 0.717) is 17.3 Å². The van der Waals surface area contributed by atoms with Crippen molar-refractivity contribution >= 4 is 40.6 Å². The maximum atomic E-state index is 12.3. The van der Waals surface area contributed by atoms with Crippen molar-refractivity contribution in [3.8, 4) is 11.4 Å². The molecular formula is C22H25ClN4OS2. The van der Waals surface area contributed by atoms with Gasteiger partial charge in [-0.05, 0) is 55.4 Å². The molecule has 1 N–H and O–H groups in total. The Balaban J connectivity index is 1.42. The molecule has 8 heteroatoms. The lowest BCUT2D eigenvalue weighted by molar-refractivity contribution is -0.118. The van der Waals surface area contributed by atoms with E-state index in [-0.39, 0.29) is 5.91 Å². The van der Waals surface area contributed by atoms with E-state index in [2.05, 4.69) is 32.4 Å². The van der Waals surface area contributed by atoms with Crippen molar-refractivity contribution in [1.29, 1.82) is 0 Å². The van der Waals surface area contributed by atoms with Crippen LogP contribution in [-0.2, 0) is 30.7 Å². The minimum absolute atomic E-state index is 0.0181. The molecule has 1 aromatic carbocycles. The van der Waals surface area contributed by atoms with Gasteiger partial charge in [0.2, 0.25) is 5.91 Å². The Hall–Kier alpha value is -1.83. The minimum atomic E-state index is -0.0181. The molecule has 158 valence electrons. The number of carbonyl (C=O) groups is 1. The maximum absolute atomic E-state index is 12.3. The lowest BCUT2D eigenvalue weighted by Crippen LogP contribution is -2.24. The Labute approximate surface area is 190 Å². The number of hydrogen-bond acceptors (Lipinski definition) is 5. The van der Waals surface area contributed by atoms with Crippen LogP contribution in [0.5, 0.6) is 0 Å². The van der Waals surface area contributed by atoms with Crippen LogP contribution in [0.3, 0.4) is 0 Å². The zero-order chi connectivity index (χ0) is 20.9. The monoisotopic (exact) mass is 460 g/mol. The topological polar surface area (TPSA) is 59.8 Å². The van der Waals surface area contributed by atoms with Crippen LogP contribution in [0, 0.1) is 0 Å². The molecule has 5 nitrogen and oxygen atoms in total. The Kier molecular flexibility index (Phi) is 7.12. The van der Waals surface area contributed by atoms with Crippen LogP contribution in [-0.4, -0.2) is 26.4 Å². The second-order valence-corrected chi connectivity index (χ2v) is 9.75. The molecular weight excluding hydrogens is 436 g/mol. The number of hydrogen-bond donors (Lipinski definition) is 1. The zero-order valence-corrected chi connectivity index (χ0v) is 19.4. The highest BCUT2D eigenvalue weighted by atomic mass is 35.5. The van der Waals surface area contributed by atoms with Crippen LogP contribution in [0.2, 0.25) is 5.02 Å². The summed E-state index contributed by atoms with van der Waals surface area (Å²) < 4.78 is 2.17. The third kappa shape index (κ3) is 4.90. The molecule has 4 rings (SSSR count). The van der Waals surface area contributed by atoms with Crippen LogP contribution in [0.25, 0.3) is 11.4 Å². The number of benzene rings is 1. The number of nitrogens with one attached hydrogen (secondary N) is 1. The van der Waals surface area contributed by atoms with Gasteiger partial charge in [0.05, 0.1) is 5.75 Å². The number of thioether (sulfide) groups is 1. The van der Waals surface area contributed by atoms with Crippen molar-refractivity contribution in [1.82, 2.24) is 20.1 Å². The SMILES string of the molecule is CCCn1c(SCC(=O)NCc2ccc(Cl)cc2)nnc1-c1csc2c1CCCC2. The normalized spacial score (nSPS) is 13.3. The summed E-state index contributed by atoms with van der Waals surface area (Å²) in [6.45, 7) is 3.49. The van der Waals surface area contributed by atoms with Crippen LogP contribution in [0.4, 0.5) is 0 Å². The fourth-order valence-corrected chi connectivity index (χ4v) is 5.73. The number of aryl methyl sites for hydroxylation is 1. The summed E-state index contributed by atoms with van der Waals surface area (Å²) in [4.78, 5) is 13.8. The predicted molar refractivity (Wildman–Crippen MR) is 124 cm³/mol. The maximum Gasteiger partial charge on any atom is 0.230 e. The summed E-state index contributed by atoms with van der Waals surface area (Å²) in [7, 11) is 0. The van der Waals surface area contributed by atoms with Crippen LogP contribution >= 0.6 is 34.7 Å². The highest BCUT2D eigenvalue weighted by Gasteiger charge is 2.22. The van der Waals surface area contributed by atoms with E-state index in [1.54, 1.807) is 0 Å². The van der Waals surface area contributed by atoms with E-state index in [1.807, 2.05) is 35.6 Å². The molecule has 0 bridgehead atoms. The molecule has 30 heavy (non-hydrogen) atoms. The molecule has 0 unspecified atom stereocenters. The van der Waals surface area contributed by atoms with Gasteiger partial charge < -0.3 is 9.88 Å². The van der Waals surface area contributed by atoms with Crippen molar-refractivity contribution in [3.63, 3.8) is 0 Å². The fraction of sp³-hybridized carbons (Fsp3) is 0.409. The predicted octanol–water partition coefficient (Wildman–Crippen LogP) is 5.36. The zero-order valence-electron chi connectivity index (χ0n) is 17.0. The number of nitrogens with zero attached hydrogens (tertiary/aromatic N) is 3. The summed E-state index contributed by atoms with van der Waals surface area (Å²) in [6, 6.07) is 7.49. The Bertz CT molecular complexity index is 1010. The number of rotatable bonds is 8. The van der Waals surface area contributed by atoms with Gasteiger partial charge in [-0.25, -0.2) is 0 Å². The van der Waals surface area contributed by atoms with Gasteiger partial charge in [-0.1, -0.05) is 42.4 Å². The van der Waals surface area contributed by atoms with Gasteiger partial charge in [0.25, 0.3) is 0 Å². The van der Waals surface area contributed by atoms with E-state index in [4.69, 9.17) is 11.6 Å². The van der Waals surface area contributed by atoms with Gasteiger partial charge in [-0.3, -0.25) is 4.79 Å². The van der Waals surface area contributed by atoms with Crippen molar-refractivity contribution in [2.75, 3.05) is 5.75 Å². The van der Waals surface area contributed by atoms with Gasteiger partial charge in [-0.2, -0.15) is 0 Å². The Morgan fingerprint density at radius 3 is 2.83 bits per heavy atom. The van der Waals surface area contributed by atoms with Crippen molar-refractivity contribution in [3.05, 3.63) is 50.7 Å². The van der Waals surface area contributed by atoms with E-state index < -0.39 is 0 Å². The quantitative estimate of drug-likeness (QED) is 0.460. The number of carbonyl (C=O) groups excluding carboxylic acids is 1. The highest BCUT2D eigenvalue weighted by molar-refractivity contribution is 7.99. The molecule has 0 spiro atoms. The second kappa shape index (κ2) is 9.98. The first-order valence-electron chi connectivity index (χ1n) is 10.3. The summed E-state index contributed by atoms with van der Waals surface area (Å²) >= 11 is 9.20. The lowest BCUT2D eigenvalue weighted by Gasteiger charge is -2.13.